The predicted molar refractivity (Wildman–Crippen MR) is 33.9 cm³/mol. The average molecular weight is 139 g/mol. The third kappa shape index (κ3) is 16.8. The van der Waals surface area contributed by atoms with Gasteiger partial charge < -0.3 is 9.90 Å². The summed E-state index contributed by atoms with van der Waals surface area (Å²) in [5.41, 5.74) is -0.630. The molecule has 0 aromatic carbocycles. The fourth-order valence-corrected chi connectivity index (χ4v) is 0.456. The summed E-state index contributed by atoms with van der Waals surface area (Å²) >= 11 is 5.13. The molecule has 1 N–H and O–H groups in total. The molecule has 2 nitrogen and oxygen atoms in total. The Morgan fingerprint density at radius 3 is 2.12 bits per heavy atom. The average Bonchev–Trinajstić information content (AvgIpc) is 1.72. The summed E-state index contributed by atoms with van der Waals surface area (Å²) in [6, 6.07) is 0. The van der Waals surface area contributed by atoms with E-state index < -0.39 is 5.56 Å². The van der Waals surface area contributed by atoms with Crippen molar-refractivity contribution in [3.63, 3.8) is 0 Å². The van der Waals surface area contributed by atoms with Crippen LogP contribution in [0.15, 0.2) is 0 Å². The van der Waals surface area contributed by atoms with Crippen molar-refractivity contribution >= 4 is 18.4 Å². The Kier molecular flexibility index (Phi) is 13.6. The van der Waals surface area contributed by atoms with E-state index in [-0.39, 0.29) is 0 Å². The Balaban J connectivity index is 0. The number of rotatable bonds is 2. The van der Waals surface area contributed by atoms with Gasteiger partial charge in [0, 0.05) is 0 Å². The number of alkyl halides is 1. The van der Waals surface area contributed by atoms with Gasteiger partial charge in [0.15, 0.2) is 0 Å². The van der Waals surface area contributed by atoms with Gasteiger partial charge in [-0.1, -0.05) is 24.9 Å². The summed E-state index contributed by atoms with van der Waals surface area (Å²) in [6.45, 7) is 3.98. The number of hydrogen-bond donors (Lipinski definition) is 1. The molecule has 0 fully saturated rings. The van der Waals surface area contributed by atoms with E-state index in [4.69, 9.17) is 21.5 Å². The maximum atomic E-state index is 8.32. The Morgan fingerprint density at radius 2 is 2.12 bits per heavy atom. The molecule has 0 aromatic rings. The van der Waals surface area contributed by atoms with Crippen molar-refractivity contribution in [2.75, 3.05) is 0 Å². The first-order valence-electron chi connectivity index (χ1n) is 2.38. The van der Waals surface area contributed by atoms with Gasteiger partial charge in [-0.25, -0.2) is 0 Å². The van der Waals surface area contributed by atoms with Gasteiger partial charge in [-0.3, -0.25) is 0 Å². The zero-order valence-corrected chi connectivity index (χ0v) is 5.69. The second-order valence-corrected chi connectivity index (χ2v) is 1.73. The molecule has 0 aromatic heterocycles. The van der Waals surface area contributed by atoms with Crippen LogP contribution in [0.3, 0.4) is 0 Å². The molecule has 0 saturated heterocycles. The van der Waals surface area contributed by atoms with Crippen LogP contribution in [0.1, 0.15) is 19.8 Å². The molecule has 0 saturated carbocycles. The summed E-state index contributed by atoms with van der Waals surface area (Å²) in [5.74, 6) is 0. The number of halogens is 1. The lowest BCUT2D eigenvalue weighted by molar-refractivity contribution is -0.0979. The quantitative estimate of drug-likeness (QED) is 0.582. The van der Waals surface area contributed by atoms with E-state index in [1.54, 1.807) is 0 Å². The summed E-state index contributed by atoms with van der Waals surface area (Å²) in [4.78, 5) is 8.00. The molecule has 3 heteroatoms. The molecule has 0 heterocycles. The van der Waals surface area contributed by atoms with E-state index in [0.717, 1.165) is 6.42 Å². The Bertz CT molecular complexity index is 39.4. The minimum atomic E-state index is -0.630. The highest BCUT2D eigenvalue weighted by molar-refractivity contribution is 6.19. The molecular formula is C5H11ClO2. The van der Waals surface area contributed by atoms with Crippen LogP contribution in [0.4, 0.5) is 0 Å². The van der Waals surface area contributed by atoms with Gasteiger partial charge in [0.25, 0.3) is 0 Å². The fourth-order valence-electron chi connectivity index (χ4n) is 0.238. The molecule has 1 unspecified atom stereocenters. The van der Waals surface area contributed by atoms with Gasteiger partial charge >= 0.3 is 0 Å². The van der Waals surface area contributed by atoms with Gasteiger partial charge in [-0.15, -0.1) is 0 Å². The van der Waals surface area contributed by atoms with Crippen LogP contribution >= 0.6 is 11.6 Å². The Labute approximate surface area is 54.5 Å². The van der Waals surface area contributed by atoms with E-state index in [1.807, 2.05) is 13.7 Å². The number of carbonyl (C=O) groups is 1. The minimum absolute atomic E-state index is 0.630. The SMILES string of the molecule is C=O.CCCC(O)Cl. The summed E-state index contributed by atoms with van der Waals surface area (Å²) in [5, 5.41) is 8.32. The van der Waals surface area contributed by atoms with Crippen molar-refractivity contribution in [3.05, 3.63) is 0 Å². The number of carbonyl (C=O) groups excluding carboxylic acids is 1. The molecule has 8 heavy (non-hydrogen) atoms. The van der Waals surface area contributed by atoms with E-state index in [1.165, 1.54) is 0 Å². The molecule has 0 aliphatic heterocycles. The molecule has 0 rings (SSSR count). The van der Waals surface area contributed by atoms with Crippen LogP contribution in [0.5, 0.6) is 0 Å². The lowest BCUT2D eigenvalue weighted by Gasteiger charge is -1.92. The molecule has 0 aliphatic rings. The molecule has 0 radical (unpaired) electrons. The van der Waals surface area contributed by atoms with Crippen molar-refractivity contribution in [2.24, 2.45) is 0 Å². The largest absolute Gasteiger partial charge is 0.378 e. The molecule has 0 aliphatic carbocycles. The van der Waals surface area contributed by atoms with E-state index in [9.17, 15) is 0 Å². The molecule has 1 atom stereocenters. The second-order valence-electron chi connectivity index (χ2n) is 1.22. The highest BCUT2D eigenvalue weighted by atomic mass is 35.5. The summed E-state index contributed by atoms with van der Waals surface area (Å²) < 4.78 is 0. The summed E-state index contributed by atoms with van der Waals surface area (Å²) in [6.07, 6.45) is 1.65. The van der Waals surface area contributed by atoms with Crippen LogP contribution in [0.2, 0.25) is 0 Å². The molecular weight excluding hydrogens is 128 g/mol. The Morgan fingerprint density at radius 1 is 1.75 bits per heavy atom. The predicted octanol–water partition coefficient (Wildman–Crippen LogP) is 1.16. The van der Waals surface area contributed by atoms with Crippen LogP contribution in [-0.4, -0.2) is 17.5 Å². The zero-order chi connectivity index (χ0) is 6.99. The second kappa shape index (κ2) is 10.0. The van der Waals surface area contributed by atoms with Gasteiger partial charge in [-0.05, 0) is 6.42 Å². The molecule has 50 valence electrons. The number of aliphatic hydroxyl groups excluding tert-OH is 1. The third-order valence-corrected chi connectivity index (χ3v) is 0.745. The standard InChI is InChI=1S/C4H9ClO.CH2O/c1-2-3-4(5)6;1-2/h4,6H,2-3H2,1H3;1H2. The maximum Gasteiger partial charge on any atom is 0.128 e. The van der Waals surface area contributed by atoms with Gasteiger partial charge in [0.05, 0.1) is 0 Å². The monoisotopic (exact) mass is 138 g/mol. The highest BCUT2D eigenvalue weighted by Crippen LogP contribution is 1.97. The molecule has 0 spiro atoms. The number of aliphatic hydroxyl groups is 1. The number of hydrogen-bond acceptors (Lipinski definition) is 2. The van der Waals surface area contributed by atoms with Gasteiger partial charge in [-0.2, -0.15) is 0 Å². The zero-order valence-electron chi connectivity index (χ0n) is 4.93. The highest BCUT2D eigenvalue weighted by Gasteiger charge is 1.90. The Hall–Kier alpha value is -0.0800. The first-order valence-corrected chi connectivity index (χ1v) is 2.82. The van der Waals surface area contributed by atoms with Gasteiger partial charge in [0.2, 0.25) is 0 Å². The van der Waals surface area contributed by atoms with E-state index in [2.05, 4.69) is 0 Å². The molecule has 0 bridgehead atoms. The normalized spacial score (nSPS) is 11.4. The minimum Gasteiger partial charge on any atom is -0.378 e. The first-order chi connectivity index (χ1) is 3.77. The first kappa shape index (κ1) is 10.8. The van der Waals surface area contributed by atoms with Crippen LogP contribution in [0, 0.1) is 0 Å². The van der Waals surface area contributed by atoms with Gasteiger partial charge in [0.1, 0.15) is 12.4 Å². The third-order valence-electron chi connectivity index (χ3n) is 0.527. The van der Waals surface area contributed by atoms with Crippen molar-refractivity contribution < 1.29 is 9.90 Å². The van der Waals surface area contributed by atoms with Crippen LogP contribution < -0.4 is 0 Å². The van der Waals surface area contributed by atoms with E-state index in [0.29, 0.717) is 6.42 Å². The molecule has 0 amide bonds. The lowest BCUT2D eigenvalue weighted by atomic mass is 10.4. The lowest BCUT2D eigenvalue weighted by Crippen LogP contribution is -1.91. The smallest absolute Gasteiger partial charge is 0.128 e. The van der Waals surface area contributed by atoms with Crippen molar-refractivity contribution in [1.29, 1.82) is 0 Å². The van der Waals surface area contributed by atoms with E-state index >= 15 is 0 Å². The van der Waals surface area contributed by atoms with Crippen molar-refractivity contribution in [1.82, 2.24) is 0 Å². The van der Waals surface area contributed by atoms with Crippen LogP contribution in [-0.2, 0) is 4.79 Å². The maximum absolute atomic E-state index is 8.32. The fraction of sp³-hybridized carbons (Fsp3) is 0.800. The van der Waals surface area contributed by atoms with Crippen LogP contribution in [0.25, 0.3) is 0 Å². The van der Waals surface area contributed by atoms with Crippen molar-refractivity contribution in [3.8, 4) is 0 Å². The summed E-state index contributed by atoms with van der Waals surface area (Å²) in [7, 11) is 0. The van der Waals surface area contributed by atoms with Crippen molar-refractivity contribution in [2.45, 2.75) is 25.3 Å². The topological polar surface area (TPSA) is 37.3 Å².